The topological polar surface area (TPSA) is 38.1 Å². The molecule has 0 amide bonds. The lowest BCUT2D eigenvalue weighted by Gasteiger charge is -2.32. The fourth-order valence-corrected chi connectivity index (χ4v) is 2.41. The molecule has 0 saturated carbocycles. The van der Waals surface area contributed by atoms with Crippen LogP contribution in [-0.4, -0.2) is 4.98 Å². The van der Waals surface area contributed by atoms with Crippen LogP contribution in [0.25, 0.3) is 11.3 Å². The Morgan fingerprint density at radius 1 is 1.35 bits per heavy atom. The van der Waals surface area contributed by atoms with Crippen LogP contribution in [0.3, 0.4) is 0 Å². The Hall–Kier alpha value is -1.84. The summed E-state index contributed by atoms with van der Waals surface area (Å²) in [6.07, 6.45) is 1.44. The number of benzene rings is 1. The quantitative estimate of drug-likeness (QED) is 0.756. The number of aromatic nitrogens is 1. The van der Waals surface area contributed by atoms with Crippen LogP contribution in [0, 0.1) is 12.7 Å². The molecule has 0 radical (unpaired) electrons. The number of fused-ring (bicyclic) bond motifs is 3. The third kappa shape index (κ3) is 1.37. The van der Waals surface area contributed by atoms with E-state index in [9.17, 15) is 4.39 Å². The SMILES string of the molecule is Cc1cc(F)cc2c1-c1ocnc1C(C)(C)N2. The largest absolute Gasteiger partial charge is 0.443 e. The highest BCUT2D eigenvalue weighted by molar-refractivity contribution is 5.83. The van der Waals surface area contributed by atoms with Gasteiger partial charge in [0.25, 0.3) is 0 Å². The van der Waals surface area contributed by atoms with Gasteiger partial charge in [0.1, 0.15) is 11.5 Å². The molecule has 0 aliphatic carbocycles. The average molecular weight is 232 g/mol. The van der Waals surface area contributed by atoms with Crippen molar-refractivity contribution in [1.82, 2.24) is 4.98 Å². The predicted molar refractivity (Wildman–Crippen MR) is 63.3 cm³/mol. The van der Waals surface area contributed by atoms with Gasteiger partial charge in [-0.15, -0.1) is 0 Å². The summed E-state index contributed by atoms with van der Waals surface area (Å²) in [5, 5.41) is 3.30. The Balaban J connectivity index is 2.35. The van der Waals surface area contributed by atoms with Crippen molar-refractivity contribution in [2.45, 2.75) is 26.3 Å². The first-order valence-electron chi connectivity index (χ1n) is 5.52. The predicted octanol–water partition coefficient (Wildman–Crippen LogP) is 3.45. The summed E-state index contributed by atoms with van der Waals surface area (Å²) in [6, 6.07) is 3.00. The molecule has 0 fully saturated rings. The molecule has 4 heteroatoms. The maximum absolute atomic E-state index is 13.4. The first kappa shape index (κ1) is 10.3. The van der Waals surface area contributed by atoms with E-state index < -0.39 is 0 Å². The van der Waals surface area contributed by atoms with Crippen LogP contribution in [0.15, 0.2) is 22.9 Å². The lowest BCUT2D eigenvalue weighted by Crippen LogP contribution is -2.32. The van der Waals surface area contributed by atoms with Crippen molar-refractivity contribution in [3.63, 3.8) is 0 Å². The molecule has 1 aliphatic heterocycles. The summed E-state index contributed by atoms with van der Waals surface area (Å²) in [4.78, 5) is 4.25. The lowest BCUT2D eigenvalue weighted by molar-refractivity contribution is 0.547. The number of nitrogens with one attached hydrogen (secondary N) is 1. The van der Waals surface area contributed by atoms with Crippen LogP contribution in [0.2, 0.25) is 0 Å². The third-order valence-electron chi connectivity index (χ3n) is 3.13. The summed E-state index contributed by atoms with van der Waals surface area (Å²) in [5.41, 5.74) is 3.02. The zero-order valence-corrected chi connectivity index (χ0v) is 9.97. The molecule has 3 rings (SSSR count). The van der Waals surface area contributed by atoms with Gasteiger partial charge in [0.2, 0.25) is 0 Å². The first-order valence-corrected chi connectivity index (χ1v) is 5.52. The molecule has 1 aliphatic rings. The molecule has 2 aromatic rings. The van der Waals surface area contributed by atoms with Crippen molar-refractivity contribution in [1.29, 1.82) is 0 Å². The smallest absolute Gasteiger partial charge is 0.181 e. The summed E-state index contributed by atoms with van der Waals surface area (Å²) in [6.45, 7) is 5.86. The van der Waals surface area contributed by atoms with Crippen LogP contribution in [0.5, 0.6) is 0 Å². The molecular weight excluding hydrogens is 219 g/mol. The van der Waals surface area contributed by atoms with Gasteiger partial charge in [-0.25, -0.2) is 9.37 Å². The van der Waals surface area contributed by atoms with E-state index in [4.69, 9.17) is 4.42 Å². The molecular formula is C13H13FN2O. The van der Waals surface area contributed by atoms with E-state index in [0.29, 0.717) is 0 Å². The van der Waals surface area contributed by atoms with E-state index in [2.05, 4.69) is 10.3 Å². The minimum Gasteiger partial charge on any atom is -0.443 e. The van der Waals surface area contributed by atoms with Gasteiger partial charge in [0.15, 0.2) is 12.2 Å². The van der Waals surface area contributed by atoms with Crippen molar-refractivity contribution in [3.8, 4) is 11.3 Å². The molecule has 17 heavy (non-hydrogen) atoms. The van der Waals surface area contributed by atoms with E-state index >= 15 is 0 Å². The summed E-state index contributed by atoms with van der Waals surface area (Å²) in [5.74, 6) is 0.494. The number of aryl methyl sites for hydroxylation is 1. The standard InChI is InChI=1S/C13H13FN2O/c1-7-4-8(14)5-9-10(7)11-12(15-6-17-11)13(2,3)16-9/h4-6,16H,1-3H3. The highest BCUT2D eigenvalue weighted by Gasteiger charge is 2.35. The Bertz CT molecular complexity index is 601. The van der Waals surface area contributed by atoms with Gasteiger partial charge in [-0.2, -0.15) is 0 Å². The Morgan fingerprint density at radius 3 is 2.88 bits per heavy atom. The molecule has 0 unspecified atom stereocenters. The number of nitrogens with zero attached hydrogens (tertiary/aromatic N) is 1. The van der Waals surface area contributed by atoms with Crippen LogP contribution in [-0.2, 0) is 5.54 Å². The zero-order chi connectivity index (χ0) is 12.2. The molecule has 3 nitrogen and oxygen atoms in total. The number of hydrogen-bond acceptors (Lipinski definition) is 3. The van der Waals surface area contributed by atoms with Crippen molar-refractivity contribution in [2.75, 3.05) is 5.32 Å². The second-order valence-electron chi connectivity index (χ2n) is 4.93. The zero-order valence-electron chi connectivity index (χ0n) is 9.97. The molecule has 2 heterocycles. The van der Waals surface area contributed by atoms with Crippen LogP contribution >= 0.6 is 0 Å². The minimum atomic E-state index is -0.352. The molecule has 88 valence electrons. The van der Waals surface area contributed by atoms with Crippen LogP contribution in [0.4, 0.5) is 10.1 Å². The maximum atomic E-state index is 13.4. The normalized spacial score (nSPS) is 16.0. The highest BCUT2D eigenvalue weighted by atomic mass is 19.1. The molecule has 0 bridgehead atoms. The minimum absolute atomic E-state index is 0.243. The van der Waals surface area contributed by atoms with Gasteiger partial charge < -0.3 is 9.73 Å². The van der Waals surface area contributed by atoms with Crippen LogP contribution < -0.4 is 5.32 Å². The Morgan fingerprint density at radius 2 is 2.12 bits per heavy atom. The van der Waals surface area contributed by atoms with E-state index in [1.807, 2.05) is 20.8 Å². The fraction of sp³-hybridized carbons (Fsp3) is 0.308. The first-order chi connectivity index (χ1) is 7.99. The number of anilines is 1. The molecule has 0 atom stereocenters. The van der Waals surface area contributed by atoms with Gasteiger partial charge in [-0.05, 0) is 38.5 Å². The monoisotopic (exact) mass is 232 g/mol. The number of halogens is 1. The van der Waals surface area contributed by atoms with E-state index in [1.54, 1.807) is 0 Å². The van der Waals surface area contributed by atoms with E-state index in [0.717, 1.165) is 28.3 Å². The maximum Gasteiger partial charge on any atom is 0.181 e. The Labute approximate surface area is 98.7 Å². The van der Waals surface area contributed by atoms with Gasteiger partial charge in [-0.3, -0.25) is 0 Å². The number of hydrogen-bond donors (Lipinski definition) is 1. The third-order valence-corrected chi connectivity index (χ3v) is 3.13. The average Bonchev–Trinajstić information content (AvgIpc) is 2.64. The second kappa shape index (κ2) is 3.09. The molecule has 0 saturated heterocycles. The van der Waals surface area contributed by atoms with Crippen LogP contribution in [0.1, 0.15) is 25.1 Å². The van der Waals surface area contributed by atoms with Crippen molar-refractivity contribution >= 4 is 5.69 Å². The van der Waals surface area contributed by atoms with Gasteiger partial charge in [-0.1, -0.05) is 0 Å². The van der Waals surface area contributed by atoms with Crippen molar-refractivity contribution in [2.24, 2.45) is 0 Å². The Kier molecular flexibility index (Phi) is 1.88. The van der Waals surface area contributed by atoms with Gasteiger partial charge in [0.05, 0.1) is 5.54 Å². The van der Waals surface area contributed by atoms with Gasteiger partial charge >= 0.3 is 0 Å². The van der Waals surface area contributed by atoms with Crippen molar-refractivity contribution in [3.05, 3.63) is 35.6 Å². The van der Waals surface area contributed by atoms with Gasteiger partial charge in [0, 0.05) is 11.3 Å². The van der Waals surface area contributed by atoms with E-state index in [1.165, 1.54) is 18.5 Å². The van der Waals surface area contributed by atoms with Crippen molar-refractivity contribution < 1.29 is 8.81 Å². The molecule has 1 N–H and O–H groups in total. The highest BCUT2D eigenvalue weighted by Crippen LogP contribution is 2.44. The number of rotatable bonds is 0. The summed E-state index contributed by atoms with van der Waals surface area (Å²) >= 11 is 0. The summed E-state index contributed by atoms with van der Waals surface area (Å²) < 4.78 is 18.9. The summed E-state index contributed by atoms with van der Waals surface area (Å²) in [7, 11) is 0. The molecule has 1 aromatic carbocycles. The second-order valence-corrected chi connectivity index (χ2v) is 4.93. The lowest BCUT2D eigenvalue weighted by atomic mass is 9.89. The van der Waals surface area contributed by atoms with E-state index in [-0.39, 0.29) is 11.4 Å². The molecule has 0 spiro atoms. The fourth-order valence-electron chi connectivity index (χ4n) is 2.41. The molecule has 1 aromatic heterocycles. The number of oxazole rings is 1.